The zero-order chi connectivity index (χ0) is 31.2. The molecule has 1 saturated carbocycles. The first kappa shape index (κ1) is 31.3. The Morgan fingerprint density at radius 2 is 1.45 bits per heavy atom. The van der Waals surface area contributed by atoms with E-state index in [1.807, 2.05) is 45.0 Å². The van der Waals surface area contributed by atoms with Crippen molar-refractivity contribution in [3.8, 4) is 11.1 Å². The first-order chi connectivity index (χ1) is 21.2. The molecule has 1 aliphatic carbocycles. The molecule has 0 spiro atoms. The fraction of sp³-hybridized carbons (Fsp3) is 0.417. The number of hydrogen-bond donors (Lipinski definition) is 3. The van der Waals surface area contributed by atoms with Crippen molar-refractivity contribution < 1.29 is 19.5 Å². The minimum absolute atomic E-state index is 0.144. The highest BCUT2D eigenvalue weighted by Gasteiger charge is 2.30. The van der Waals surface area contributed by atoms with E-state index < -0.39 is 12.0 Å². The molecule has 1 saturated heterocycles. The van der Waals surface area contributed by atoms with Crippen LogP contribution in [0.1, 0.15) is 77.6 Å². The Morgan fingerprint density at radius 1 is 0.818 bits per heavy atom. The number of carboxylic acid groups (broad SMARTS) is 1. The number of hydrogen-bond acceptors (Lipinski definition) is 4. The van der Waals surface area contributed by atoms with E-state index in [1.54, 1.807) is 6.07 Å². The Morgan fingerprint density at radius 3 is 2.09 bits per heavy atom. The van der Waals surface area contributed by atoms with E-state index in [0.717, 1.165) is 85.2 Å². The number of aliphatic carboxylic acids is 1. The predicted octanol–water partition coefficient (Wildman–Crippen LogP) is 7.38. The number of aryl methyl sites for hydroxylation is 3. The summed E-state index contributed by atoms with van der Waals surface area (Å²) >= 11 is 0. The first-order valence-corrected chi connectivity index (χ1v) is 15.8. The molecule has 0 unspecified atom stereocenters. The summed E-state index contributed by atoms with van der Waals surface area (Å²) in [7, 11) is 0. The number of likely N-dealkylation sites (tertiary alicyclic amines) is 1. The summed E-state index contributed by atoms with van der Waals surface area (Å²) in [5.74, 6) is -1.43. The minimum atomic E-state index is -1.05. The molecule has 3 aromatic carbocycles. The second-order valence-corrected chi connectivity index (χ2v) is 12.4. The maximum atomic E-state index is 14.0. The highest BCUT2D eigenvalue weighted by atomic mass is 16.4. The number of amides is 3. The maximum Gasteiger partial charge on any atom is 0.323 e. The number of carboxylic acids is 1. The van der Waals surface area contributed by atoms with Gasteiger partial charge in [0.1, 0.15) is 6.54 Å². The number of urea groups is 1. The van der Waals surface area contributed by atoms with Gasteiger partial charge in [-0.3, -0.25) is 14.5 Å². The molecule has 3 N–H and O–H groups in total. The topological polar surface area (TPSA) is 102 Å². The van der Waals surface area contributed by atoms with Gasteiger partial charge in [0.05, 0.1) is 11.3 Å². The fourth-order valence-electron chi connectivity index (χ4n) is 6.72. The summed E-state index contributed by atoms with van der Waals surface area (Å²) in [6.07, 6.45) is 7.06. The zero-order valence-electron chi connectivity index (χ0n) is 26.1. The summed E-state index contributed by atoms with van der Waals surface area (Å²) in [5, 5.41) is 15.6. The van der Waals surface area contributed by atoms with Gasteiger partial charge in [0.15, 0.2) is 0 Å². The lowest BCUT2D eigenvalue weighted by Gasteiger charge is -2.33. The van der Waals surface area contributed by atoms with Crippen molar-refractivity contribution in [1.29, 1.82) is 0 Å². The van der Waals surface area contributed by atoms with E-state index in [0.29, 0.717) is 5.69 Å². The average Bonchev–Trinajstić information content (AvgIpc) is 3.51. The number of anilines is 2. The number of carbonyl (C=O) groups excluding carboxylic acids is 2. The van der Waals surface area contributed by atoms with Crippen molar-refractivity contribution in [2.75, 3.05) is 30.3 Å². The van der Waals surface area contributed by atoms with Crippen LogP contribution in [0.4, 0.5) is 16.2 Å². The number of nitrogens with zero attached hydrogens (tertiary/aromatic N) is 2. The second kappa shape index (κ2) is 14.1. The molecule has 2 fully saturated rings. The number of carbonyl (C=O) groups is 3. The molecule has 44 heavy (non-hydrogen) atoms. The van der Waals surface area contributed by atoms with Gasteiger partial charge in [0, 0.05) is 18.3 Å². The molecule has 2 aliphatic rings. The average molecular weight is 597 g/mol. The Kier molecular flexibility index (Phi) is 10.0. The Bertz CT molecular complexity index is 1480. The van der Waals surface area contributed by atoms with Gasteiger partial charge in [0.2, 0.25) is 0 Å². The third-order valence-electron chi connectivity index (χ3n) is 8.89. The largest absolute Gasteiger partial charge is 0.480 e. The van der Waals surface area contributed by atoms with Gasteiger partial charge in [-0.15, -0.1) is 0 Å². The lowest BCUT2D eigenvalue weighted by Crippen LogP contribution is -2.44. The summed E-state index contributed by atoms with van der Waals surface area (Å²) in [5.41, 5.74) is 7.43. The first-order valence-electron chi connectivity index (χ1n) is 15.8. The Labute approximate surface area is 260 Å². The van der Waals surface area contributed by atoms with E-state index in [1.165, 1.54) is 23.3 Å². The highest BCUT2D eigenvalue weighted by Crippen LogP contribution is 2.31. The van der Waals surface area contributed by atoms with E-state index in [2.05, 4.69) is 39.8 Å². The van der Waals surface area contributed by atoms with Gasteiger partial charge < -0.3 is 20.6 Å². The number of rotatable bonds is 9. The van der Waals surface area contributed by atoms with Gasteiger partial charge in [-0.25, -0.2) is 4.79 Å². The maximum absolute atomic E-state index is 14.0. The summed E-state index contributed by atoms with van der Waals surface area (Å²) in [6, 6.07) is 17.2. The van der Waals surface area contributed by atoms with Crippen LogP contribution in [-0.4, -0.2) is 58.5 Å². The van der Waals surface area contributed by atoms with Crippen LogP contribution in [0, 0.1) is 20.8 Å². The smallest absolute Gasteiger partial charge is 0.323 e. The van der Waals surface area contributed by atoms with Crippen molar-refractivity contribution >= 4 is 29.3 Å². The molecule has 8 nitrogen and oxygen atoms in total. The summed E-state index contributed by atoms with van der Waals surface area (Å²) < 4.78 is 0. The molecular formula is C36H44N4O4. The fourth-order valence-corrected chi connectivity index (χ4v) is 6.72. The van der Waals surface area contributed by atoms with Gasteiger partial charge >= 0.3 is 12.0 Å². The normalized spacial score (nSPS) is 15.6. The molecule has 1 aliphatic heterocycles. The Hall–Kier alpha value is -4.17. The third-order valence-corrected chi connectivity index (χ3v) is 8.89. The van der Waals surface area contributed by atoms with E-state index in [9.17, 15) is 19.5 Å². The van der Waals surface area contributed by atoms with Crippen LogP contribution < -0.4 is 10.6 Å². The number of nitrogens with one attached hydrogen (secondary N) is 2. The molecule has 3 aromatic rings. The minimum Gasteiger partial charge on any atom is -0.480 e. The van der Waals surface area contributed by atoms with Gasteiger partial charge in [-0.1, -0.05) is 67.3 Å². The van der Waals surface area contributed by atoms with Crippen molar-refractivity contribution in [2.45, 2.75) is 78.3 Å². The molecule has 1 heterocycles. The van der Waals surface area contributed by atoms with Crippen LogP contribution in [0.5, 0.6) is 0 Å². The Balaban J connectivity index is 1.45. The van der Waals surface area contributed by atoms with Crippen LogP contribution >= 0.6 is 0 Å². The van der Waals surface area contributed by atoms with Crippen molar-refractivity contribution in [2.24, 2.45) is 0 Å². The highest BCUT2D eigenvalue weighted by molar-refractivity contribution is 6.08. The molecule has 232 valence electrons. The lowest BCUT2D eigenvalue weighted by molar-refractivity contribution is -0.138. The molecule has 0 aromatic heterocycles. The molecule has 0 atom stereocenters. The van der Waals surface area contributed by atoms with Crippen LogP contribution in [0.3, 0.4) is 0 Å². The molecule has 0 radical (unpaired) electrons. The van der Waals surface area contributed by atoms with Gasteiger partial charge in [0.25, 0.3) is 5.91 Å². The lowest BCUT2D eigenvalue weighted by atomic mass is 9.93. The molecule has 8 heteroatoms. The standard InChI is InChI=1S/C36H44N4O4/c1-24-19-25(2)34(26(3)20-24)38-36(44)37-32-21-29(28-13-11-27(12-14-28)22-39-17-7-8-18-39)15-16-31(32)35(43)40(23-33(41)42)30-9-5-4-6-10-30/h11-16,19-21,30H,4-10,17-18,22-23H2,1-3H3,(H,41,42)(H2,37,38,44). The van der Waals surface area contributed by atoms with Gasteiger partial charge in [-0.2, -0.15) is 0 Å². The van der Waals surface area contributed by atoms with Crippen molar-refractivity contribution in [1.82, 2.24) is 9.80 Å². The van der Waals surface area contributed by atoms with E-state index >= 15 is 0 Å². The molecule has 5 rings (SSSR count). The quantitative estimate of drug-likeness (QED) is 0.239. The third kappa shape index (κ3) is 7.66. The molecule has 3 amide bonds. The predicted molar refractivity (Wildman–Crippen MR) is 175 cm³/mol. The zero-order valence-corrected chi connectivity index (χ0v) is 26.1. The SMILES string of the molecule is Cc1cc(C)c(NC(=O)Nc2cc(-c3ccc(CN4CCCC4)cc3)ccc2C(=O)N(CC(=O)O)C2CCCCC2)c(C)c1. The molecular weight excluding hydrogens is 552 g/mol. The van der Waals surface area contributed by atoms with Crippen LogP contribution in [0.25, 0.3) is 11.1 Å². The van der Waals surface area contributed by atoms with Crippen molar-refractivity contribution in [3.63, 3.8) is 0 Å². The number of benzene rings is 3. The van der Waals surface area contributed by atoms with E-state index in [4.69, 9.17) is 0 Å². The molecule has 0 bridgehead atoms. The summed E-state index contributed by atoms with van der Waals surface area (Å²) in [6.45, 7) is 8.74. The van der Waals surface area contributed by atoms with Crippen LogP contribution in [0.15, 0.2) is 54.6 Å². The van der Waals surface area contributed by atoms with Crippen LogP contribution in [0.2, 0.25) is 0 Å². The van der Waals surface area contributed by atoms with Gasteiger partial charge in [-0.05, 0) is 99.5 Å². The summed E-state index contributed by atoms with van der Waals surface area (Å²) in [4.78, 5) is 43.2. The van der Waals surface area contributed by atoms with Crippen molar-refractivity contribution in [3.05, 3.63) is 82.4 Å². The van der Waals surface area contributed by atoms with Crippen LogP contribution in [-0.2, 0) is 11.3 Å². The monoisotopic (exact) mass is 596 g/mol. The second-order valence-electron chi connectivity index (χ2n) is 12.4. The van der Waals surface area contributed by atoms with E-state index in [-0.39, 0.29) is 24.1 Å².